The largest absolute Gasteiger partial charge is 0.465 e. The molecule has 0 radical (unpaired) electrons. The zero-order chi connectivity index (χ0) is 14.5. The van der Waals surface area contributed by atoms with Crippen LogP contribution in [0.15, 0.2) is 12.3 Å². The van der Waals surface area contributed by atoms with Gasteiger partial charge in [-0.15, -0.1) is 0 Å². The lowest BCUT2D eigenvalue weighted by atomic mass is 10.1. The first-order valence-corrected chi connectivity index (χ1v) is 6.30. The predicted octanol–water partition coefficient (Wildman–Crippen LogP) is 2.34. The van der Waals surface area contributed by atoms with Crippen molar-refractivity contribution in [3.63, 3.8) is 0 Å². The average molecular weight is 286 g/mol. The van der Waals surface area contributed by atoms with Crippen LogP contribution >= 0.6 is 0 Å². The summed E-state index contributed by atoms with van der Waals surface area (Å²) in [4.78, 5) is 17.2. The van der Waals surface area contributed by atoms with Gasteiger partial charge in [-0.3, -0.25) is 0 Å². The van der Waals surface area contributed by atoms with Crippen LogP contribution in [0.25, 0.3) is 0 Å². The van der Waals surface area contributed by atoms with Gasteiger partial charge in [-0.2, -0.15) is 13.2 Å². The highest BCUT2D eigenvalue weighted by Crippen LogP contribution is 2.46. The summed E-state index contributed by atoms with van der Waals surface area (Å²) in [6, 6.07) is 0.941. The molecule has 2 fully saturated rings. The lowest BCUT2D eigenvalue weighted by molar-refractivity contribution is -0.138. The minimum Gasteiger partial charge on any atom is -0.465 e. The predicted molar refractivity (Wildman–Crippen MR) is 64.4 cm³/mol. The Kier molecular flexibility index (Phi) is 2.88. The van der Waals surface area contributed by atoms with Gasteiger partial charge in [0.15, 0.2) is 0 Å². The molecular formula is C13H13F3N2O2. The van der Waals surface area contributed by atoms with Crippen LogP contribution < -0.4 is 4.90 Å². The quantitative estimate of drug-likeness (QED) is 0.783. The van der Waals surface area contributed by atoms with E-state index in [-0.39, 0.29) is 5.82 Å². The highest BCUT2D eigenvalue weighted by molar-refractivity contribution is 5.91. The molecule has 1 saturated heterocycles. The summed E-state index contributed by atoms with van der Waals surface area (Å²) in [5.41, 5.74) is -1.54. The molecule has 0 bridgehead atoms. The van der Waals surface area contributed by atoms with E-state index < -0.39 is 23.3 Å². The maximum Gasteiger partial charge on any atom is 0.417 e. The van der Waals surface area contributed by atoms with E-state index in [4.69, 9.17) is 0 Å². The number of halogens is 3. The molecule has 1 saturated carbocycles. The number of carbonyl (C=O) groups is 1. The highest BCUT2D eigenvalue weighted by atomic mass is 19.4. The van der Waals surface area contributed by atoms with Crippen LogP contribution in [-0.2, 0) is 10.9 Å². The Morgan fingerprint density at radius 1 is 1.40 bits per heavy atom. The fraction of sp³-hybridized carbons (Fsp3) is 0.538. The molecule has 1 aliphatic heterocycles. The molecular weight excluding hydrogens is 273 g/mol. The molecule has 2 atom stereocenters. The van der Waals surface area contributed by atoms with E-state index in [0.29, 0.717) is 11.8 Å². The van der Waals surface area contributed by atoms with Gasteiger partial charge < -0.3 is 9.64 Å². The normalized spacial score (nSPS) is 24.5. The van der Waals surface area contributed by atoms with Crippen molar-refractivity contribution >= 4 is 11.8 Å². The number of aromatic nitrogens is 1. The van der Waals surface area contributed by atoms with E-state index in [1.165, 1.54) is 0 Å². The summed E-state index contributed by atoms with van der Waals surface area (Å²) in [6.07, 6.45) is -2.50. The van der Waals surface area contributed by atoms with Crippen molar-refractivity contribution in [2.75, 3.05) is 25.1 Å². The molecule has 4 nitrogen and oxygen atoms in total. The van der Waals surface area contributed by atoms with E-state index in [1.54, 1.807) is 0 Å². The van der Waals surface area contributed by atoms with Gasteiger partial charge in [-0.05, 0) is 24.3 Å². The van der Waals surface area contributed by atoms with Crippen molar-refractivity contribution in [2.45, 2.75) is 12.6 Å². The molecule has 2 heterocycles. The van der Waals surface area contributed by atoms with Crippen LogP contribution in [0.4, 0.5) is 19.0 Å². The summed E-state index contributed by atoms with van der Waals surface area (Å²) < 4.78 is 43.5. The van der Waals surface area contributed by atoms with Gasteiger partial charge in [0.1, 0.15) is 5.82 Å². The third kappa shape index (κ3) is 2.21. The Bertz CT molecular complexity index is 549. The summed E-state index contributed by atoms with van der Waals surface area (Å²) in [5.74, 6) is 0.427. The second-order valence-electron chi connectivity index (χ2n) is 5.24. The van der Waals surface area contributed by atoms with Gasteiger partial charge in [0.05, 0.1) is 18.2 Å². The van der Waals surface area contributed by atoms with Crippen molar-refractivity contribution in [3.8, 4) is 0 Å². The fourth-order valence-corrected chi connectivity index (χ4v) is 2.71. The van der Waals surface area contributed by atoms with Crippen molar-refractivity contribution in [3.05, 3.63) is 23.4 Å². The highest BCUT2D eigenvalue weighted by Gasteiger charge is 2.46. The molecule has 1 aromatic rings. The number of ether oxygens (including phenoxy) is 1. The van der Waals surface area contributed by atoms with E-state index in [9.17, 15) is 18.0 Å². The molecule has 2 unspecified atom stereocenters. The van der Waals surface area contributed by atoms with Crippen LogP contribution in [0.3, 0.4) is 0 Å². The maximum absolute atomic E-state index is 13.0. The number of esters is 1. The first kappa shape index (κ1) is 13.2. The van der Waals surface area contributed by atoms with Crippen LogP contribution in [0.2, 0.25) is 0 Å². The molecule has 7 heteroatoms. The smallest absolute Gasteiger partial charge is 0.417 e. The van der Waals surface area contributed by atoms with Crippen molar-refractivity contribution in [2.24, 2.45) is 11.8 Å². The number of carbonyl (C=O) groups excluding carboxylic acids is 1. The number of anilines is 1. The number of fused-ring (bicyclic) bond motifs is 1. The first-order chi connectivity index (χ1) is 9.40. The van der Waals surface area contributed by atoms with Gasteiger partial charge in [-0.25, -0.2) is 9.78 Å². The zero-order valence-electron chi connectivity index (χ0n) is 10.8. The zero-order valence-corrected chi connectivity index (χ0v) is 10.8. The topological polar surface area (TPSA) is 42.4 Å². The SMILES string of the molecule is COC(=O)c1cnc(N2CC3CC3C2)cc1C(F)(F)F. The summed E-state index contributed by atoms with van der Waals surface area (Å²) >= 11 is 0. The minimum atomic E-state index is -4.61. The molecule has 0 N–H and O–H groups in total. The first-order valence-electron chi connectivity index (χ1n) is 6.30. The van der Waals surface area contributed by atoms with Gasteiger partial charge in [0.2, 0.25) is 0 Å². The maximum atomic E-state index is 13.0. The van der Waals surface area contributed by atoms with Gasteiger partial charge >= 0.3 is 12.1 Å². The number of pyridine rings is 1. The third-order valence-corrected chi connectivity index (χ3v) is 3.90. The Hall–Kier alpha value is -1.79. The Labute approximate surface area is 113 Å². The number of rotatable bonds is 2. The molecule has 0 aromatic carbocycles. The van der Waals surface area contributed by atoms with Crippen LogP contribution in [0.5, 0.6) is 0 Å². The van der Waals surface area contributed by atoms with E-state index >= 15 is 0 Å². The third-order valence-electron chi connectivity index (χ3n) is 3.90. The summed E-state index contributed by atoms with van der Waals surface area (Å²) in [5, 5.41) is 0. The molecule has 3 rings (SSSR count). The van der Waals surface area contributed by atoms with Crippen LogP contribution in [0, 0.1) is 11.8 Å². The Balaban J connectivity index is 1.96. The van der Waals surface area contributed by atoms with Crippen molar-refractivity contribution < 1.29 is 22.7 Å². The van der Waals surface area contributed by atoms with Crippen molar-refractivity contribution in [1.82, 2.24) is 4.98 Å². The molecule has 0 amide bonds. The molecule has 20 heavy (non-hydrogen) atoms. The van der Waals surface area contributed by atoms with Crippen LogP contribution in [-0.4, -0.2) is 31.2 Å². The minimum absolute atomic E-state index is 0.275. The average Bonchev–Trinajstić information content (AvgIpc) is 3.02. The molecule has 1 aromatic heterocycles. The second-order valence-corrected chi connectivity index (χ2v) is 5.24. The molecule has 1 aliphatic carbocycles. The number of hydrogen-bond donors (Lipinski definition) is 0. The van der Waals surface area contributed by atoms with Crippen molar-refractivity contribution in [1.29, 1.82) is 0 Å². The van der Waals surface area contributed by atoms with Crippen LogP contribution in [0.1, 0.15) is 22.3 Å². The van der Waals surface area contributed by atoms with E-state index in [1.807, 2.05) is 4.90 Å². The van der Waals surface area contributed by atoms with E-state index in [0.717, 1.165) is 38.9 Å². The van der Waals surface area contributed by atoms with Gasteiger partial charge in [0, 0.05) is 19.3 Å². The van der Waals surface area contributed by atoms with E-state index in [2.05, 4.69) is 9.72 Å². The number of alkyl halides is 3. The fourth-order valence-electron chi connectivity index (χ4n) is 2.71. The lowest BCUT2D eigenvalue weighted by Crippen LogP contribution is -2.24. The Morgan fingerprint density at radius 2 is 2.05 bits per heavy atom. The Morgan fingerprint density at radius 3 is 2.60 bits per heavy atom. The summed E-state index contributed by atoms with van der Waals surface area (Å²) in [7, 11) is 1.05. The number of hydrogen-bond acceptors (Lipinski definition) is 4. The lowest BCUT2D eigenvalue weighted by Gasteiger charge is -2.21. The molecule has 108 valence electrons. The molecule has 0 spiro atoms. The number of piperidine rings is 1. The monoisotopic (exact) mass is 286 g/mol. The number of nitrogens with zero attached hydrogens (tertiary/aromatic N) is 2. The standard InChI is InChI=1S/C13H13F3N2O2/c1-20-12(19)9-4-17-11(3-10(9)13(14,15)16)18-5-7-2-8(7)6-18/h3-4,7-8H,2,5-6H2,1H3. The second kappa shape index (κ2) is 4.36. The van der Waals surface area contributed by atoms with Gasteiger partial charge in [-0.1, -0.05) is 0 Å². The molecule has 2 aliphatic rings. The number of methoxy groups -OCH3 is 1. The van der Waals surface area contributed by atoms with Gasteiger partial charge in [0.25, 0.3) is 0 Å². The summed E-state index contributed by atoms with van der Waals surface area (Å²) in [6.45, 7) is 1.49.